The highest BCUT2D eigenvalue weighted by atomic mass is 35.5. The van der Waals surface area contributed by atoms with Crippen LogP contribution in [-0.2, 0) is 0 Å². The Balaban J connectivity index is 3.29. The van der Waals surface area contributed by atoms with Crippen LogP contribution in [0.4, 0.5) is 0 Å². The smallest absolute Gasteiger partial charge is 0.0403 e. The Kier molecular flexibility index (Phi) is 5.05. The maximum atomic E-state index is 5.44. The summed E-state index contributed by atoms with van der Waals surface area (Å²) in [5.41, 5.74) is 0. The van der Waals surface area contributed by atoms with Gasteiger partial charge < -0.3 is 0 Å². The standard InChI is InChI=1S/C4H8Cl2Si/c5-2-1-4(7)3-6/h1H,2-3H2,7H3/b4-1-. The van der Waals surface area contributed by atoms with Gasteiger partial charge in [0.05, 0.1) is 0 Å². The first kappa shape index (κ1) is 7.54. The molecule has 3 heteroatoms. The van der Waals surface area contributed by atoms with E-state index in [4.69, 9.17) is 23.2 Å². The third-order valence-electron chi connectivity index (χ3n) is 0.636. The Bertz CT molecular complexity index is 70.1. The molecule has 0 fully saturated rings. The minimum absolute atomic E-state index is 0.603. The first-order chi connectivity index (χ1) is 3.31. The summed E-state index contributed by atoms with van der Waals surface area (Å²) in [6.45, 7) is 0. The SMILES string of the molecule is [SiH3]/C(=C\CCl)CCl. The van der Waals surface area contributed by atoms with Crippen LogP contribution in [0.15, 0.2) is 11.3 Å². The zero-order chi connectivity index (χ0) is 5.70. The van der Waals surface area contributed by atoms with E-state index in [0.717, 1.165) is 10.2 Å². The Hall–Kier alpha value is 0.537. The molecule has 0 aromatic heterocycles. The van der Waals surface area contributed by atoms with E-state index in [9.17, 15) is 0 Å². The maximum Gasteiger partial charge on any atom is 0.0403 e. The molecule has 0 aliphatic heterocycles. The Morgan fingerprint density at radius 2 is 2.14 bits per heavy atom. The van der Waals surface area contributed by atoms with Crippen molar-refractivity contribution in [3.05, 3.63) is 11.3 Å². The van der Waals surface area contributed by atoms with Gasteiger partial charge in [-0.15, -0.1) is 23.2 Å². The number of hydrogen-bond donors (Lipinski definition) is 0. The molecule has 0 atom stereocenters. The fourth-order valence-electron chi connectivity index (χ4n) is 0.186. The monoisotopic (exact) mass is 154 g/mol. The van der Waals surface area contributed by atoms with Gasteiger partial charge in [-0.25, -0.2) is 0 Å². The normalized spacial score (nSPS) is 12.6. The Labute approximate surface area is 56.9 Å². The average molecular weight is 155 g/mol. The number of rotatable bonds is 2. The van der Waals surface area contributed by atoms with E-state index in [0.29, 0.717) is 11.8 Å². The van der Waals surface area contributed by atoms with Crippen LogP contribution in [-0.4, -0.2) is 22.0 Å². The molecule has 0 radical (unpaired) electrons. The molecule has 0 N–H and O–H groups in total. The Morgan fingerprint density at radius 1 is 1.57 bits per heavy atom. The van der Waals surface area contributed by atoms with Crippen molar-refractivity contribution < 1.29 is 0 Å². The molecular formula is C4H8Cl2Si. The molecule has 42 valence electrons. The predicted molar refractivity (Wildman–Crippen MR) is 39.5 cm³/mol. The summed E-state index contributed by atoms with van der Waals surface area (Å²) in [5.74, 6) is 1.25. The molecule has 0 amide bonds. The van der Waals surface area contributed by atoms with Crippen molar-refractivity contribution in [1.82, 2.24) is 0 Å². The van der Waals surface area contributed by atoms with Gasteiger partial charge >= 0.3 is 0 Å². The van der Waals surface area contributed by atoms with Gasteiger partial charge in [0, 0.05) is 22.0 Å². The van der Waals surface area contributed by atoms with Gasteiger partial charge in [0.2, 0.25) is 0 Å². The van der Waals surface area contributed by atoms with Crippen molar-refractivity contribution in [2.24, 2.45) is 0 Å². The van der Waals surface area contributed by atoms with Gasteiger partial charge in [0.1, 0.15) is 0 Å². The number of hydrogen-bond acceptors (Lipinski definition) is 0. The third kappa shape index (κ3) is 4.39. The number of alkyl halides is 2. The highest BCUT2D eigenvalue weighted by molar-refractivity contribution is 6.31. The molecule has 0 rings (SSSR count). The van der Waals surface area contributed by atoms with Gasteiger partial charge in [-0.3, -0.25) is 0 Å². The Morgan fingerprint density at radius 3 is 2.29 bits per heavy atom. The minimum Gasteiger partial charge on any atom is -0.122 e. The van der Waals surface area contributed by atoms with E-state index in [1.807, 2.05) is 6.08 Å². The van der Waals surface area contributed by atoms with E-state index < -0.39 is 0 Å². The summed E-state index contributed by atoms with van der Waals surface area (Å²) in [6.07, 6.45) is 1.96. The summed E-state index contributed by atoms with van der Waals surface area (Å²) >= 11 is 10.8. The van der Waals surface area contributed by atoms with Gasteiger partial charge in [-0.2, -0.15) is 0 Å². The molecule has 7 heavy (non-hydrogen) atoms. The van der Waals surface area contributed by atoms with Gasteiger partial charge in [0.25, 0.3) is 0 Å². The summed E-state index contributed by atoms with van der Waals surface area (Å²) in [7, 11) is 1.04. The minimum atomic E-state index is 0.603. The van der Waals surface area contributed by atoms with Crippen molar-refractivity contribution in [3.63, 3.8) is 0 Å². The first-order valence-electron chi connectivity index (χ1n) is 2.08. The highest BCUT2D eigenvalue weighted by Gasteiger charge is 1.79. The van der Waals surface area contributed by atoms with Gasteiger partial charge in [0.15, 0.2) is 0 Å². The zero-order valence-corrected chi connectivity index (χ0v) is 7.76. The lowest BCUT2D eigenvalue weighted by atomic mass is 10.6. The molecule has 0 heterocycles. The van der Waals surface area contributed by atoms with Crippen molar-refractivity contribution in [3.8, 4) is 0 Å². The van der Waals surface area contributed by atoms with Crippen LogP contribution in [0.2, 0.25) is 0 Å². The molecular weight excluding hydrogens is 147 g/mol. The molecule has 0 aliphatic carbocycles. The highest BCUT2D eigenvalue weighted by Crippen LogP contribution is 1.90. The molecule has 0 nitrogen and oxygen atoms in total. The van der Waals surface area contributed by atoms with E-state index in [-0.39, 0.29) is 0 Å². The number of allylic oxidation sites excluding steroid dienone is 2. The molecule has 0 unspecified atom stereocenters. The van der Waals surface area contributed by atoms with Crippen LogP contribution in [0.1, 0.15) is 0 Å². The lowest BCUT2D eigenvalue weighted by Gasteiger charge is -1.86. The lowest BCUT2D eigenvalue weighted by Crippen LogP contribution is -1.81. The fraction of sp³-hybridized carbons (Fsp3) is 0.500. The van der Waals surface area contributed by atoms with Crippen molar-refractivity contribution in [2.45, 2.75) is 0 Å². The molecule has 0 bridgehead atoms. The second-order valence-electron chi connectivity index (χ2n) is 1.34. The van der Waals surface area contributed by atoms with Crippen LogP contribution >= 0.6 is 23.2 Å². The van der Waals surface area contributed by atoms with Gasteiger partial charge in [-0.1, -0.05) is 11.3 Å². The molecule has 0 aliphatic rings. The second-order valence-corrected chi connectivity index (χ2v) is 3.20. The lowest BCUT2D eigenvalue weighted by molar-refractivity contribution is 1.59. The molecule has 0 aromatic rings. The second kappa shape index (κ2) is 4.69. The van der Waals surface area contributed by atoms with Crippen LogP contribution in [0.5, 0.6) is 0 Å². The van der Waals surface area contributed by atoms with Crippen LogP contribution in [0, 0.1) is 0 Å². The van der Waals surface area contributed by atoms with Crippen molar-refractivity contribution in [1.29, 1.82) is 0 Å². The van der Waals surface area contributed by atoms with Crippen LogP contribution in [0.3, 0.4) is 0 Å². The van der Waals surface area contributed by atoms with E-state index in [1.54, 1.807) is 0 Å². The number of halogens is 2. The molecule has 0 spiro atoms. The quantitative estimate of drug-likeness (QED) is 0.407. The third-order valence-corrected chi connectivity index (χ3v) is 2.42. The van der Waals surface area contributed by atoms with E-state index in [2.05, 4.69) is 0 Å². The summed E-state index contributed by atoms with van der Waals surface area (Å²) in [5, 5.41) is 1.27. The van der Waals surface area contributed by atoms with Crippen molar-refractivity contribution in [2.75, 3.05) is 11.8 Å². The predicted octanol–water partition coefficient (Wildman–Crippen LogP) is 0.713. The van der Waals surface area contributed by atoms with E-state index in [1.165, 1.54) is 5.20 Å². The average Bonchev–Trinajstić information content (AvgIpc) is 1.68. The fourth-order valence-corrected chi connectivity index (χ4v) is 1.02. The summed E-state index contributed by atoms with van der Waals surface area (Å²) in [4.78, 5) is 0. The van der Waals surface area contributed by atoms with Crippen LogP contribution < -0.4 is 0 Å². The molecule has 0 aromatic carbocycles. The van der Waals surface area contributed by atoms with E-state index >= 15 is 0 Å². The maximum absolute atomic E-state index is 5.44. The molecule has 0 saturated heterocycles. The topological polar surface area (TPSA) is 0 Å². The summed E-state index contributed by atoms with van der Waals surface area (Å²) < 4.78 is 0. The van der Waals surface area contributed by atoms with Crippen LogP contribution in [0.25, 0.3) is 0 Å². The van der Waals surface area contributed by atoms with Crippen molar-refractivity contribution >= 4 is 33.4 Å². The first-order valence-corrected chi connectivity index (χ1v) is 4.15. The molecule has 0 saturated carbocycles. The van der Waals surface area contributed by atoms with Gasteiger partial charge in [-0.05, 0) is 0 Å². The zero-order valence-electron chi connectivity index (χ0n) is 4.25. The summed E-state index contributed by atoms with van der Waals surface area (Å²) in [6, 6.07) is 0. The largest absolute Gasteiger partial charge is 0.122 e.